The maximum absolute atomic E-state index is 12.7. The molecule has 0 saturated carbocycles. The lowest BCUT2D eigenvalue weighted by molar-refractivity contribution is -0.384. The molecule has 0 spiro atoms. The van der Waals surface area contributed by atoms with Crippen LogP contribution in [0.15, 0.2) is 59.5 Å². The lowest BCUT2D eigenvalue weighted by Crippen LogP contribution is -2.27. The second-order valence-corrected chi connectivity index (χ2v) is 7.77. The molecule has 0 atom stereocenters. The molecule has 1 aliphatic rings. The summed E-state index contributed by atoms with van der Waals surface area (Å²) < 4.78 is 0.500. The van der Waals surface area contributed by atoms with E-state index in [1.54, 1.807) is 35.3 Å². The summed E-state index contributed by atoms with van der Waals surface area (Å²) in [5.41, 5.74) is 3.77. The molecule has 7 heteroatoms. The summed E-state index contributed by atoms with van der Waals surface area (Å²) in [6, 6.07) is 12.1. The van der Waals surface area contributed by atoms with Crippen LogP contribution in [0.4, 0.5) is 11.4 Å². The molecule has 136 valence electrons. The second kappa shape index (κ2) is 7.85. The highest BCUT2D eigenvalue weighted by Crippen LogP contribution is 2.35. The fourth-order valence-electron chi connectivity index (χ4n) is 2.74. The van der Waals surface area contributed by atoms with Gasteiger partial charge in [0.15, 0.2) is 4.32 Å². The SMILES string of the molecule is Cc1cc(C)cc(N2C(=O)/C(=C/C=C\c3ccc([N+](=O)[O-])cc3)SC2=S)c1. The summed E-state index contributed by atoms with van der Waals surface area (Å²) in [4.78, 5) is 25.1. The van der Waals surface area contributed by atoms with E-state index in [4.69, 9.17) is 12.2 Å². The van der Waals surface area contributed by atoms with E-state index in [0.717, 1.165) is 22.4 Å². The average Bonchev–Trinajstić information content (AvgIpc) is 2.88. The number of thiocarbonyl (C=S) groups is 1. The quantitative estimate of drug-likeness (QED) is 0.309. The molecule has 3 rings (SSSR count). The Balaban J connectivity index is 1.78. The van der Waals surface area contributed by atoms with Gasteiger partial charge in [-0.1, -0.05) is 42.2 Å². The van der Waals surface area contributed by atoms with Crippen LogP contribution in [0.25, 0.3) is 6.08 Å². The monoisotopic (exact) mass is 396 g/mol. The van der Waals surface area contributed by atoms with E-state index in [1.807, 2.05) is 32.0 Å². The van der Waals surface area contributed by atoms with Crippen LogP contribution >= 0.6 is 24.0 Å². The minimum atomic E-state index is -0.439. The number of thioether (sulfide) groups is 1. The van der Waals surface area contributed by atoms with Crippen LogP contribution in [0.5, 0.6) is 0 Å². The minimum Gasteiger partial charge on any atom is -0.268 e. The zero-order valence-electron chi connectivity index (χ0n) is 14.7. The number of nitrogens with zero attached hydrogens (tertiary/aromatic N) is 2. The zero-order chi connectivity index (χ0) is 19.6. The second-order valence-electron chi connectivity index (χ2n) is 6.09. The minimum absolute atomic E-state index is 0.0430. The first kappa shape index (κ1) is 19.0. The first-order chi connectivity index (χ1) is 12.8. The van der Waals surface area contributed by atoms with Crippen LogP contribution in [-0.2, 0) is 4.79 Å². The van der Waals surface area contributed by atoms with Gasteiger partial charge in [0.25, 0.3) is 11.6 Å². The Morgan fingerprint density at radius 2 is 1.74 bits per heavy atom. The van der Waals surface area contributed by atoms with Crippen molar-refractivity contribution in [2.24, 2.45) is 0 Å². The molecule has 0 radical (unpaired) electrons. The Morgan fingerprint density at radius 3 is 2.33 bits per heavy atom. The molecule has 0 bridgehead atoms. The number of anilines is 1. The largest absolute Gasteiger partial charge is 0.270 e. The number of non-ortho nitro benzene ring substituents is 1. The summed E-state index contributed by atoms with van der Waals surface area (Å²) in [5, 5.41) is 10.7. The van der Waals surface area contributed by atoms with Crippen molar-refractivity contribution in [2.45, 2.75) is 13.8 Å². The number of hydrogen-bond acceptors (Lipinski definition) is 5. The summed E-state index contributed by atoms with van der Waals surface area (Å²) in [6.07, 6.45) is 5.24. The van der Waals surface area contributed by atoms with Gasteiger partial charge in [-0.3, -0.25) is 19.8 Å². The van der Waals surface area contributed by atoms with Gasteiger partial charge in [-0.2, -0.15) is 0 Å². The molecule has 1 aliphatic heterocycles. The number of benzene rings is 2. The van der Waals surface area contributed by atoms with Gasteiger partial charge in [0, 0.05) is 12.1 Å². The fraction of sp³-hybridized carbons (Fsp3) is 0.100. The maximum Gasteiger partial charge on any atom is 0.270 e. The summed E-state index contributed by atoms with van der Waals surface area (Å²) >= 11 is 6.64. The number of carbonyl (C=O) groups is 1. The van der Waals surface area contributed by atoms with Crippen LogP contribution in [0.1, 0.15) is 16.7 Å². The summed E-state index contributed by atoms with van der Waals surface area (Å²) in [5.74, 6) is -0.150. The van der Waals surface area contributed by atoms with Gasteiger partial charge >= 0.3 is 0 Å². The third kappa shape index (κ3) is 4.32. The molecule has 2 aromatic carbocycles. The van der Waals surface area contributed by atoms with Crippen molar-refractivity contribution in [3.05, 3.63) is 86.3 Å². The molecule has 1 saturated heterocycles. The third-order valence-electron chi connectivity index (χ3n) is 3.90. The van der Waals surface area contributed by atoms with Crippen molar-refractivity contribution in [2.75, 3.05) is 4.90 Å². The number of rotatable bonds is 4. The van der Waals surface area contributed by atoms with Gasteiger partial charge in [0.1, 0.15) is 0 Å². The van der Waals surface area contributed by atoms with Gasteiger partial charge in [-0.05, 0) is 60.9 Å². The van der Waals surface area contributed by atoms with Crippen LogP contribution in [-0.4, -0.2) is 15.2 Å². The highest BCUT2D eigenvalue weighted by molar-refractivity contribution is 8.27. The van der Waals surface area contributed by atoms with E-state index in [9.17, 15) is 14.9 Å². The molecule has 1 amide bonds. The standard InChI is InChI=1S/C20H16N2O3S2/c1-13-10-14(2)12-17(11-13)21-19(23)18(27-20(21)26)5-3-4-15-6-8-16(9-7-15)22(24)25/h3-12H,1-2H3/b4-3-,18-5-. The van der Waals surface area contributed by atoms with Crippen LogP contribution < -0.4 is 4.90 Å². The molecule has 27 heavy (non-hydrogen) atoms. The Morgan fingerprint density at radius 1 is 1.11 bits per heavy atom. The summed E-state index contributed by atoms with van der Waals surface area (Å²) in [6.45, 7) is 3.97. The molecule has 1 heterocycles. The van der Waals surface area contributed by atoms with Crippen molar-refractivity contribution < 1.29 is 9.72 Å². The number of aryl methyl sites for hydroxylation is 2. The number of amides is 1. The molecule has 1 fully saturated rings. The highest BCUT2D eigenvalue weighted by atomic mass is 32.2. The predicted molar refractivity (Wildman–Crippen MR) is 114 cm³/mol. The van der Waals surface area contributed by atoms with E-state index < -0.39 is 4.92 Å². The van der Waals surface area contributed by atoms with Gasteiger partial charge < -0.3 is 0 Å². The van der Waals surface area contributed by atoms with E-state index in [1.165, 1.54) is 23.9 Å². The third-order valence-corrected chi connectivity index (χ3v) is 5.22. The number of carbonyl (C=O) groups excluding carboxylic acids is 1. The van der Waals surface area contributed by atoms with E-state index in [-0.39, 0.29) is 11.6 Å². The van der Waals surface area contributed by atoms with Gasteiger partial charge in [0.05, 0.1) is 15.5 Å². The number of nitro benzene ring substituents is 1. The highest BCUT2D eigenvalue weighted by Gasteiger charge is 2.33. The topological polar surface area (TPSA) is 63.5 Å². The maximum atomic E-state index is 12.7. The van der Waals surface area contributed by atoms with Crippen LogP contribution in [0.2, 0.25) is 0 Å². The Labute approximate surface area is 166 Å². The van der Waals surface area contributed by atoms with E-state index in [2.05, 4.69) is 0 Å². The molecular weight excluding hydrogens is 380 g/mol. The fourth-order valence-corrected chi connectivity index (χ4v) is 3.99. The van der Waals surface area contributed by atoms with Crippen molar-refractivity contribution in [3.63, 3.8) is 0 Å². The van der Waals surface area contributed by atoms with Crippen LogP contribution in [0, 0.1) is 24.0 Å². The van der Waals surface area contributed by atoms with Gasteiger partial charge in [-0.15, -0.1) is 0 Å². The normalized spacial score (nSPS) is 15.9. The Hall–Kier alpha value is -2.77. The van der Waals surface area contributed by atoms with Crippen molar-refractivity contribution in [3.8, 4) is 0 Å². The Bertz CT molecular complexity index is 975. The molecule has 0 aliphatic carbocycles. The van der Waals surface area contributed by atoms with Crippen molar-refractivity contribution in [1.29, 1.82) is 0 Å². The van der Waals surface area contributed by atoms with Crippen molar-refractivity contribution in [1.82, 2.24) is 0 Å². The summed E-state index contributed by atoms with van der Waals surface area (Å²) in [7, 11) is 0. The van der Waals surface area contributed by atoms with Gasteiger partial charge in [0.2, 0.25) is 0 Å². The zero-order valence-corrected chi connectivity index (χ0v) is 16.3. The van der Waals surface area contributed by atoms with E-state index >= 15 is 0 Å². The van der Waals surface area contributed by atoms with Gasteiger partial charge in [-0.25, -0.2) is 0 Å². The molecule has 0 aromatic heterocycles. The number of nitro groups is 1. The lowest BCUT2D eigenvalue weighted by atomic mass is 10.1. The predicted octanol–water partition coefficient (Wildman–Crippen LogP) is 5.17. The van der Waals surface area contributed by atoms with Crippen LogP contribution in [0.3, 0.4) is 0 Å². The molecule has 0 unspecified atom stereocenters. The molecule has 2 aromatic rings. The smallest absolute Gasteiger partial charge is 0.268 e. The average molecular weight is 396 g/mol. The molecule has 5 nitrogen and oxygen atoms in total. The molecular formula is C20H16N2O3S2. The van der Waals surface area contributed by atoms with Crippen molar-refractivity contribution >= 4 is 51.7 Å². The van der Waals surface area contributed by atoms with E-state index in [0.29, 0.717) is 9.23 Å². The number of allylic oxidation sites excluding steroid dienone is 2. The lowest BCUT2D eigenvalue weighted by Gasteiger charge is -2.16. The first-order valence-electron chi connectivity index (χ1n) is 8.12. The molecule has 0 N–H and O–H groups in total. The Kier molecular flexibility index (Phi) is 5.53. The number of hydrogen-bond donors (Lipinski definition) is 0. The first-order valence-corrected chi connectivity index (χ1v) is 9.35.